The van der Waals surface area contributed by atoms with Gasteiger partial charge in [0.1, 0.15) is 16.6 Å². The van der Waals surface area contributed by atoms with Crippen LogP contribution in [0.4, 0.5) is 0 Å². The summed E-state index contributed by atoms with van der Waals surface area (Å²) >= 11 is 5.83. The molecule has 0 bridgehead atoms. The van der Waals surface area contributed by atoms with Crippen LogP contribution in [0.25, 0.3) is 0 Å². The van der Waals surface area contributed by atoms with Crippen molar-refractivity contribution in [2.75, 3.05) is 0 Å². The molecule has 4 heteroatoms. The highest BCUT2D eigenvalue weighted by molar-refractivity contribution is 6.27. The van der Waals surface area contributed by atoms with E-state index >= 15 is 0 Å². The summed E-state index contributed by atoms with van der Waals surface area (Å²) in [7, 11) is 0. The molecule has 66 valence electrons. The van der Waals surface area contributed by atoms with Gasteiger partial charge in [0.05, 0.1) is 0 Å². The molecule has 0 aromatic rings. The molecular weight excluding hydrogens is 180 g/mol. The minimum Gasteiger partial charge on any atom is -0.510 e. The van der Waals surface area contributed by atoms with Gasteiger partial charge in [0.25, 0.3) is 0 Å². The number of carbonyl (C=O) groups is 1. The number of carboxylic acid groups (broad SMARTS) is 1. The standard InChI is InChI=1S/C8H9ClO3/c1-8(9)5(7(11)12)3-2-4-6(8)10/h2-5,10H,1H3,(H,11,12). The van der Waals surface area contributed by atoms with Gasteiger partial charge < -0.3 is 10.2 Å². The first kappa shape index (κ1) is 9.13. The SMILES string of the molecule is CC1(Cl)C(O)=CC=CC1C(=O)O. The Labute approximate surface area is 75.0 Å². The van der Waals surface area contributed by atoms with E-state index in [-0.39, 0.29) is 5.76 Å². The van der Waals surface area contributed by atoms with Crippen molar-refractivity contribution in [2.24, 2.45) is 5.92 Å². The topological polar surface area (TPSA) is 57.5 Å². The van der Waals surface area contributed by atoms with Crippen LogP contribution < -0.4 is 0 Å². The zero-order valence-corrected chi connectivity index (χ0v) is 7.25. The maximum atomic E-state index is 10.6. The summed E-state index contributed by atoms with van der Waals surface area (Å²) in [5, 5.41) is 18.0. The van der Waals surface area contributed by atoms with E-state index in [0.717, 1.165) is 0 Å². The lowest BCUT2D eigenvalue weighted by Gasteiger charge is -2.28. The molecule has 2 unspecified atom stereocenters. The van der Waals surface area contributed by atoms with E-state index in [0.29, 0.717) is 0 Å². The molecule has 0 aromatic heterocycles. The number of aliphatic hydroxyl groups excluding tert-OH is 1. The number of rotatable bonds is 1. The predicted octanol–water partition coefficient (Wildman–Crippen LogP) is 1.70. The first-order valence-corrected chi connectivity index (χ1v) is 3.83. The summed E-state index contributed by atoms with van der Waals surface area (Å²) < 4.78 is 0. The van der Waals surface area contributed by atoms with Crippen LogP contribution in [0.5, 0.6) is 0 Å². The van der Waals surface area contributed by atoms with Gasteiger partial charge in [-0.25, -0.2) is 0 Å². The van der Waals surface area contributed by atoms with Crippen LogP contribution >= 0.6 is 11.6 Å². The summed E-state index contributed by atoms with van der Waals surface area (Å²) in [4.78, 5) is 9.42. The average molecular weight is 189 g/mol. The van der Waals surface area contributed by atoms with E-state index in [2.05, 4.69) is 0 Å². The fourth-order valence-corrected chi connectivity index (χ4v) is 1.30. The van der Waals surface area contributed by atoms with Gasteiger partial charge in [-0.15, -0.1) is 11.6 Å². The number of hydrogen-bond donors (Lipinski definition) is 2. The largest absolute Gasteiger partial charge is 0.510 e. The number of halogens is 1. The Bertz CT molecular complexity index is 265. The molecule has 2 N–H and O–H groups in total. The van der Waals surface area contributed by atoms with Gasteiger partial charge in [-0.05, 0) is 13.0 Å². The van der Waals surface area contributed by atoms with Crippen molar-refractivity contribution in [3.05, 3.63) is 24.0 Å². The molecule has 1 aliphatic carbocycles. The quantitative estimate of drug-likeness (QED) is 0.616. The van der Waals surface area contributed by atoms with Crippen LogP contribution in [0.1, 0.15) is 6.92 Å². The van der Waals surface area contributed by atoms with Gasteiger partial charge >= 0.3 is 5.97 Å². The number of aliphatic carboxylic acids is 1. The molecule has 0 aromatic carbocycles. The molecule has 0 heterocycles. The van der Waals surface area contributed by atoms with Crippen molar-refractivity contribution < 1.29 is 15.0 Å². The molecule has 0 amide bonds. The molecule has 0 fully saturated rings. The van der Waals surface area contributed by atoms with Crippen LogP contribution in [-0.2, 0) is 4.79 Å². The summed E-state index contributed by atoms with van der Waals surface area (Å²) in [6.45, 7) is 1.47. The van der Waals surface area contributed by atoms with Crippen molar-refractivity contribution in [1.29, 1.82) is 0 Å². The minimum absolute atomic E-state index is 0.112. The summed E-state index contributed by atoms with van der Waals surface area (Å²) in [5.74, 6) is -2.02. The third kappa shape index (κ3) is 1.32. The van der Waals surface area contributed by atoms with Crippen LogP contribution in [0.15, 0.2) is 24.0 Å². The van der Waals surface area contributed by atoms with Crippen LogP contribution in [0.2, 0.25) is 0 Å². The van der Waals surface area contributed by atoms with Crippen molar-refractivity contribution in [3.8, 4) is 0 Å². The summed E-state index contributed by atoms with van der Waals surface area (Å²) in [6.07, 6.45) is 4.33. The van der Waals surface area contributed by atoms with Crippen LogP contribution in [0, 0.1) is 5.92 Å². The molecule has 0 saturated heterocycles. The third-order valence-electron chi connectivity index (χ3n) is 1.91. The first-order chi connectivity index (χ1) is 5.46. The van der Waals surface area contributed by atoms with Gasteiger partial charge in [0.2, 0.25) is 0 Å². The molecule has 0 radical (unpaired) electrons. The summed E-state index contributed by atoms with van der Waals surface area (Å²) in [5.41, 5.74) is 0. The normalized spacial score (nSPS) is 34.5. The molecule has 3 nitrogen and oxygen atoms in total. The fraction of sp³-hybridized carbons (Fsp3) is 0.375. The second kappa shape index (κ2) is 2.83. The van der Waals surface area contributed by atoms with Crippen LogP contribution in [0.3, 0.4) is 0 Å². The molecule has 1 aliphatic rings. The average Bonchev–Trinajstić information content (AvgIpc) is 1.94. The maximum absolute atomic E-state index is 10.6. The number of hydrogen-bond acceptors (Lipinski definition) is 2. The number of allylic oxidation sites excluding steroid dienone is 3. The van der Waals surface area contributed by atoms with Gasteiger partial charge in [0, 0.05) is 0 Å². The zero-order valence-electron chi connectivity index (χ0n) is 6.49. The van der Waals surface area contributed by atoms with Gasteiger partial charge in [-0.3, -0.25) is 4.79 Å². The Morgan fingerprint density at radius 3 is 2.75 bits per heavy atom. The van der Waals surface area contributed by atoms with E-state index in [1.54, 1.807) is 0 Å². The number of alkyl halides is 1. The smallest absolute Gasteiger partial charge is 0.312 e. The molecule has 0 spiro atoms. The fourth-order valence-electron chi connectivity index (χ4n) is 1.07. The Morgan fingerprint density at radius 2 is 2.33 bits per heavy atom. The molecule has 0 aliphatic heterocycles. The summed E-state index contributed by atoms with van der Waals surface area (Å²) in [6, 6.07) is 0. The number of carboxylic acids is 1. The second-order valence-electron chi connectivity index (χ2n) is 2.83. The Morgan fingerprint density at radius 1 is 1.75 bits per heavy atom. The maximum Gasteiger partial charge on any atom is 0.312 e. The van der Waals surface area contributed by atoms with Crippen molar-refractivity contribution >= 4 is 17.6 Å². The molecule has 2 atom stereocenters. The Hall–Kier alpha value is -0.960. The first-order valence-electron chi connectivity index (χ1n) is 3.46. The monoisotopic (exact) mass is 188 g/mol. The van der Waals surface area contributed by atoms with E-state index in [9.17, 15) is 9.90 Å². The van der Waals surface area contributed by atoms with Gasteiger partial charge in [-0.1, -0.05) is 12.2 Å². The molecule has 1 rings (SSSR count). The highest BCUT2D eigenvalue weighted by atomic mass is 35.5. The zero-order chi connectivity index (χ0) is 9.35. The van der Waals surface area contributed by atoms with E-state index in [1.165, 1.54) is 25.2 Å². The number of aliphatic hydroxyl groups is 1. The highest BCUT2D eigenvalue weighted by Crippen LogP contribution is 2.35. The van der Waals surface area contributed by atoms with E-state index in [4.69, 9.17) is 16.7 Å². The van der Waals surface area contributed by atoms with Gasteiger partial charge in [-0.2, -0.15) is 0 Å². The van der Waals surface area contributed by atoms with Crippen LogP contribution in [-0.4, -0.2) is 21.1 Å². The molecule has 12 heavy (non-hydrogen) atoms. The molecular formula is C8H9ClO3. The van der Waals surface area contributed by atoms with Crippen molar-refractivity contribution in [1.82, 2.24) is 0 Å². The lowest BCUT2D eigenvalue weighted by molar-refractivity contribution is -0.141. The van der Waals surface area contributed by atoms with Gasteiger partial charge in [0.15, 0.2) is 0 Å². The Kier molecular flexibility index (Phi) is 2.15. The highest BCUT2D eigenvalue weighted by Gasteiger charge is 2.40. The lowest BCUT2D eigenvalue weighted by atomic mass is 9.87. The Balaban J connectivity index is 3.01. The van der Waals surface area contributed by atoms with Crippen molar-refractivity contribution in [3.63, 3.8) is 0 Å². The molecule has 0 saturated carbocycles. The third-order valence-corrected chi connectivity index (χ3v) is 2.34. The minimum atomic E-state index is -1.22. The van der Waals surface area contributed by atoms with E-state index in [1.807, 2.05) is 0 Å². The van der Waals surface area contributed by atoms with Crippen molar-refractivity contribution in [2.45, 2.75) is 11.8 Å². The lowest BCUT2D eigenvalue weighted by Crippen LogP contribution is -2.36. The second-order valence-corrected chi connectivity index (χ2v) is 3.61. The van der Waals surface area contributed by atoms with E-state index < -0.39 is 16.8 Å². The predicted molar refractivity (Wildman–Crippen MR) is 45.2 cm³/mol.